The minimum Gasteiger partial charge on any atom is -0.374 e. The van der Waals surface area contributed by atoms with Gasteiger partial charge in [0.1, 0.15) is 0 Å². The molecule has 2 rings (SSSR count). The van der Waals surface area contributed by atoms with Crippen molar-refractivity contribution in [1.29, 1.82) is 0 Å². The van der Waals surface area contributed by atoms with E-state index in [-0.39, 0.29) is 6.10 Å². The molecular weight excluding hydrogens is 176 g/mol. The molecule has 3 heteroatoms. The van der Waals surface area contributed by atoms with Gasteiger partial charge in [0.25, 0.3) is 0 Å². The van der Waals surface area contributed by atoms with Gasteiger partial charge in [-0.3, -0.25) is 4.90 Å². The highest BCUT2D eigenvalue weighted by Gasteiger charge is 2.26. The molecule has 1 atom stereocenters. The second kappa shape index (κ2) is 5.10. The molecule has 1 saturated carbocycles. The third kappa shape index (κ3) is 2.47. The van der Waals surface area contributed by atoms with Crippen LogP contribution in [-0.4, -0.2) is 43.3 Å². The van der Waals surface area contributed by atoms with Gasteiger partial charge in [-0.05, 0) is 12.8 Å². The van der Waals surface area contributed by atoms with Gasteiger partial charge in [0, 0.05) is 25.7 Å². The van der Waals surface area contributed by atoms with Crippen molar-refractivity contribution < 1.29 is 4.74 Å². The van der Waals surface area contributed by atoms with Gasteiger partial charge in [0.2, 0.25) is 0 Å². The van der Waals surface area contributed by atoms with Crippen LogP contribution in [0.15, 0.2) is 0 Å². The van der Waals surface area contributed by atoms with Gasteiger partial charge in [-0.2, -0.15) is 0 Å². The molecule has 0 bridgehead atoms. The van der Waals surface area contributed by atoms with E-state index in [9.17, 15) is 0 Å². The highest BCUT2D eigenvalue weighted by atomic mass is 16.5. The van der Waals surface area contributed by atoms with Crippen LogP contribution in [0.4, 0.5) is 0 Å². The first-order valence-electron chi connectivity index (χ1n) is 5.96. The monoisotopic (exact) mass is 198 g/mol. The molecule has 0 spiro atoms. The number of ether oxygens (including phenoxy) is 1. The molecule has 2 aliphatic rings. The highest BCUT2D eigenvalue weighted by molar-refractivity contribution is 4.80. The maximum atomic E-state index is 5.64. The van der Waals surface area contributed by atoms with E-state index in [4.69, 9.17) is 10.5 Å². The topological polar surface area (TPSA) is 38.5 Å². The van der Waals surface area contributed by atoms with Gasteiger partial charge in [0.15, 0.2) is 0 Å². The Labute approximate surface area is 86.6 Å². The average molecular weight is 198 g/mol. The van der Waals surface area contributed by atoms with E-state index in [0.29, 0.717) is 6.54 Å². The summed E-state index contributed by atoms with van der Waals surface area (Å²) >= 11 is 0. The smallest absolute Gasteiger partial charge is 0.0824 e. The van der Waals surface area contributed by atoms with Crippen LogP contribution >= 0.6 is 0 Å². The van der Waals surface area contributed by atoms with Crippen LogP contribution < -0.4 is 5.73 Å². The van der Waals surface area contributed by atoms with Crippen LogP contribution in [0.5, 0.6) is 0 Å². The molecule has 3 nitrogen and oxygen atoms in total. The Kier molecular flexibility index (Phi) is 3.79. The van der Waals surface area contributed by atoms with E-state index in [2.05, 4.69) is 4.90 Å². The van der Waals surface area contributed by atoms with Crippen LogP contribution in [0.1, 0.15) is 32.1 Å². The Morgan fingerprint density at radius 2 is 2.00 bits per heavy atom. The fourth-order valence-electron chi connectivity index (χ4n) is 2.66. The van der Waals surface area contributed by atoms with Gasteiger partial charge in [-0.25, -0.2) is 0 Å². The molecule has 2 fully saturated rings. The zero-order valence-corrected chi connectivity index (χ0v) is 8.95. The molecule has 0 aromatic carbocycles. The zero-order valence-electron chi connectivity index (χ0n) is 8.95. The SMILES string of the molecule is NCC1CN(C2CCCCC2)CCO1. The molecule has 1 heterocycles. The van der Waals surface area contributed by atoms with E-state index >= 15 is 0 Å². The molecule has 0 radical (unpaired) electrons. The Balaban J connectivity index is 1.83. The Morgan fingerprint density at radius 1 is 1.21 bits per heavy atom. The standard InChI is InChI=1S/C11H22N2O/c12-8-11-9-13(6-7-14-11)10-4-2-1-3-5-10/h10-11H,1-9,12H2. The van der Waals surface area contributed by atoms with Gasteiger partial charge < -0.3 is 10.5 Å². The van der Waals surface area contributed by atoms with E-state index in [1.165, 1.54) is 32.1 Å². The quantitative estimate of drug-likeness (QED) is 0.719. The Hall–Kier alpha value is -0.120. The number of hydrogen-bond acceptors (Lipinski definition) is 3. The van der Waals surface area contributed by atoms with Gasteiger partial charge in [0.05, 0.1) is 12.7 Å². The summed E-state index contributed by atoms with van der Waals surface area (Å²) in [7, 11) is 0. The lowest BCUT2D eigenvalue weighted by molar-refractivity contribution is -0.0434. The van der Waals surface area contributed by atoms with Gasteiger partial charge >= 0.3 is 0 Å². The molecule has 0 aromatic rings. The molecule has 1 saturated heterocycles. The van der Waals surface area contributed by atoms with Crippen molar-refractivity contribution in [2.45, 2.75) is 44.2 Å². The van der Waals surface area contributed by atoms with Crippen molar-refractivity contribution in [1.82, 2.24) is 4.90 Å². The van der Waals surface area contributed by atoms with Crippen molar-refractivity contribution in [3.63, 3.8) is 0 Å². The van der Waals surface area contributed by atoms with E-state index < -0.39 is 0 Å². The second-order valence-electron chi connectivity index (χ2n) is 4.52. The fourth-order valence-corrected chi connectivity index (χ4v) is 2.66. The lowest BCUT2D eigenvalue weighted by Crippen LogP contribution is -2.50. The minimum atomic E-state index is 0.283. The Bertz CT molecular complexity index is 169. The van der Waals surface area contributed by atoms with E-state index in [0.717, 1.165) is 25.7 Å². The molecule has 82 valence electrons. The van der Waals surface area contributed by atoms with E-state index in [1.54, 1.807) is 0 Å². The molecule has 1 unspecified atom stereocenters. The number of rotatable bonds is 2. The molecule has 0 aromatic heterocycles. The van der Waals surface area contributed by atoms with Crippen LogP contribution in [0.25, 0.3) is 0 Å². The summed E-state index contributed by atoms with van der Waals surface area (Å²) in [6.45, 7) is 3.71. The number of morpholine rings is 1. The first-order chi connectivity index (χ1) is 6.90. The second-order valence-corrected chi connectivity index (χ2v) is 4.52. The van der Waals surface area contributed by atoms with Gasteiger partial charge in [-0.1, -0.05) is 19.3 Å². The van der Waals surface area contributed by atoms with Crippen molar-refractivity contribution in [3.8, 4) is 0 Å². The third-order valence-electron chi connectivity index (χ3n) is 3.52. The normalized spacial score (nSPS) is 31.9. The predicted octanol–water partition coefficient (Wildman–Crippen LogP) is 0.979. The lowest BCUT2D eigenvalue weighted by atomic mass is 9.93. The maximum Gasteiger partial charge on any atom is 0.0824 e. The summed E-state index contributed by atoms with van der Waals surface area (Å²) in [4.78, 5) is 2.60. The predicted molar refractivity (Wildman–Crippen MR) is 57.2 cm³/mol. The number of hydrogen-bond donors (Lipinski definition) is 1. The summed E-state index contributed by atoms with van der Waals surface area (Å²) in [6, 6.07) is 0.821. The summed E-state index contributed by atoms with van der Waals surface area (Å²) in [5.41, 5.74) is 5.64. The van der Waals surface area contributed by atoms with Crippen molar-refractivity contribution in [2.24, 2.45) is 5.73 Å². The summed E-state index contributed by atoms with van der Waals surface area (Å²) in [6.07, 6.45) is 7.31. The highest BCUT2D eigenvalue weighted by Crippen LogP contribution is 2.23. The van der Waals surface area contributed by atoms with Crippen LogP contribution in [-0.2, 0) is 4.74 Å². The number of nitrogens with zero attached hydrogens (tertiary/aromatic N) is 1. The van der Waals surface area contributed by atoms with Gasteiger partial charge in [-0.15, -0.1) is 0 Å². The summed E-state index contributed by atoms with van der Waals surface area (Å²) in [5, 5.41) is 0. The maximum absolute atomic E-state index is 5.64. The van der Waals surface area contributed by atoms with Crippen molar-refractivity contribution >= 4 is 0 Å². The summed E-state index contributed by atoms with van der Waals surface area (Å²) in [5.74, 6) is 0. The van der Waals surface area contributed by atoms with Crippen LogP contribution in [0, 0.1) is 0 Å². The van der Waals surface area contributed by atoms with E-state index in [1.807, 2.05) is 0 Å². The van der Waals surface area contributed by atoms with Crippen LogP contribution in [0.2, 0.25) is 0 Å². The zero-order chi connectivity index (χ0) is 9.80. The minimum absolute atomic E-state index is 0.283. The molecular formula is C11H22N2O. The first-order valence-corrected chi connectivity index (χ1v) is 5.96. The first kappa shape index (κ1) is 10.4. The van der Waals surface area contributed by atoms with Crippen molar-refractivity contribution in [3.05, 3.63) is 0 Å². The summed E-state index contributed by atoms with van der Waals surface area (Å²) < 4.78 is 5.58. The lowest BCUT2D eigenvalue weighted by Gasteiger charge is -2.39. The molecule has 14 heavy (non-hydrogen) atoms. The average Bonchev–Trinajstić information content (AvgIpc) is 2.30. The molecule has 0 amide bonds. The third-order valence-corrected chi connectivity index (χ3v) is 3.52. The Morgan fingerprint density at radius 3 is 2.71 bits per heavy atom. The van der Waals surface area contributed by atoms with Crippen molar-refractivity contribution in [2.75, 3.05) is 26.2 Å². The van der Waals surface area contributed by atoms with Crippen LogP contribution in [0.3, 0.4) is 0 Å². The fraction of sp³-hybridized carbons (Fsp3) is 1.00. The molecule has 1 aliphatic heterocycles. The largest absolute Gasteiger partial charge is 0.374 e. The number of nitrogens with two attached hydrogens (primary N) is 1. The molecule has 1 aliphatic carbocycles. The molecule has 2 N–H and O–H groups in total.